The number of ether oxygens (including phenoxy) is 2. The van der Waals surface area contributed by atoms with E-state index in [1.165, 1.54) is 24.3 Å². The summed E-state index contributed by atoms with van der Waals surface area (Å²) < 4.78 is 64.4. The van der Waals surface area contributed by atoms with Crippen LogP contribution in [-0.2, 0) is 20.0 Å². The van der Waals surface area contributed by atoms with Gasteiger partial charge in [-0.2, -0.15) is 17.9 Å². The van der Waals surface area contributed by atoms with E-state index < -0.39 is 26.2 Å². The molecule has 2 heterocycles. The van der Waals surface area contributed by atoms with Crippen molar-refractivity contribution in [3.63, 3.8) is 0 Å². The highest BCUT2D eigenvalue weighted by Gasteiger charge is 2.38. The fourth-order valence-corrected chi connectivity index (χ4v) is 6.08. The number of fused-ring (bicyclic) bond motifs is 1. The zero-order valence-electron chi connectivity index (χ0n) is 19.5. The molecule has 12 heteroatoms. The molecule has 3 aromatic carbocycles. The first kappa shape index (κ1) is 24.3. The Morgan fingerprint density at radius 1 is 0.833 bits per heavy atom. The van der Waals surface area contributed by atoms with Crippen LogP contribution < -0.4 is 19.7 Å². The van der Waals surface area contributed by atoms with Gasteiger partial charge in [-0.25, -0.2) is 13.8 Å². The van der Waals surface area contributed by atoms with Gasteiger partial charge < -0.3 is 9.47 Å². The molecule has 2 aliphatic heterocycles. The van der Waals surface area contributed by atoms with Crippen LogP contribution in [0.15, 0.2) is 81.6 Å². The Kier molecular flexibility index (Phi) is 6.20. The van der Waals surface area contributed by atoms with E-state index in [9.17, 15) is 16.8 Å². The Labute approximate surface area is 209 Å². The summed E-state index contributed by atoms with van der Waals surface area (Å²) in [6.45, 7) is 3.81. The average molecular weight is 529 g/mol. The lowest BCUT2D eigenvalue weighted by Crippen LogP contribution is -2.51. The first-order chi connectivity index (χ1) is 17.1. The van der Waals surface area contributed by atoms with E-state index in [4.69, 9.17) is 9.47 Å². The molecule has 1 atom stereocenters. The van der Waals surface area contributed by atoms with Gasteiger partial charge in [-0.1, -0.05) is 35.4 Å². The van der Waals surface area contributed by atoms with Crippen molar-refractivity contribution in [1.29, 1.82) is 0 Å². The minimum atomic E-state index is -4.10. The van der Waals surface area contributed by atoms with Crippen molar-refractivity contribution < 1.29 is 26.3 Å². The van der Waals surface area contributed by atoms with Crippen LogP contribution in [0.4, 0.5) is 0 Å². The van der Waals surface area contributed by atoms with Gasteiger partial charge in [-0.05, 0) is 56.3 Å². The molecule has 2 N–H and O–H groups in total. The van der Waals surface area contributed by atoms with Gasteiger partial charge in [-0.15, -0.1) is 4.83 Å². The second kappa shape index (κ2) is 9.21. The molecule has 2 aliphatic rings. The van der Waals surface area contributed by atoms with Crippen LogP contribution in [-0.4, -0.2) is 39.9 Å². The van der Waals surface area contributed by atoms with Crippen LogP contribution in [0, 0.1) is 13.8 Å². The molecule has 0 saturated carbocycles. The van der Waals surface area contributed by atoms with Crippen LogP contribution in [0.3, 0.4) is 0 Å². The van der Waals surface area contributed by atoms with Gasteiger partial charge in [-0.3, -0.25) is 0 Å². The van der Waals surface area contributed by atoms with Crippen molar-refractivity contribution in [2.24, 2.45) is 5.10 Å². The fraction of sp³-hybridized carbons (Fsp3) is 0.208. The maximum Gasteiger partial charge on any atom is 0.280 e. The van der Waals surface area contributed by atoms with Crippen molar-refractivity contribution in [3.8, 4) is 11.5 Å². The van der Waals surface area contributed by atoms with Crippen molar-refractivity contribution in [2.45, 2.75) is 36.2 Å². The molecule has 0 aromatic heterocycles. The largest absolute Gasteiger partial charge is 0.454 e. The number of hydrazone groups is 1. The van der Waals surface area contributed by atoms with Gasteiger partial charge in [0.25, 0.3) is 20.0 Å². The van der Waals surface area contributed by atoms with E-state index in [1.807, 2.05) is 13.8 Å². The van der Waals surface area contributed by atoms with E-state index in [1.54, 1.807) is 42.5 Å². The van der Waals surface area contributed by atoms with E-state index >= 15 is 0 Å². The second-order valence-corrected chi connectivity index (χ2v) is 12.0. The zero-order chi connectivity index (χ0) is 25.5. The van der Waals surface area contributed by atoms with Crippen LogP contribution >= 0.6 is 0 Å². The molecule has 0 saturated heterocycles. The molecule has 5 rings (SSSR count). The Morgan fingerprint density at radius 3 is 2.11 bits per heavy atom. The maximum absolute atomic E-state index is 13.5. The number of rotatable bonds is 7. The van der Waals surface area contributed by atoms with E-state index in [0.717, 1.165) is 15.5 Å². The van der Waals surface area contributed by atoms with Gasteiger partial charge in [0.2, 0.25) is 6.79 Å². The van der Waals surface area contributed by atoms with E-state index in [0.29, 0.717) is 22.8 Å². The summed E-state index contributed by atoms with van der Waals surface area (Å²) in [6, 6.07) is 17.9. The predicted octanol–water partition coefficient (Wildman–Crippen LogP) is 2.64. The number of sulfonamides is 2. The molecule has 0 radical (unpaired) electrons. The molecular weight excluding hydrogens is 504 g/mol. The summed E-state index contributed by atoms with van der Waals surface area (Å²) in [5.74, 6) is 1.11. The van der Waals surface area contributed by atoms with Crippen LogP contribution in [0.25, 0.3) is 0 Å². The fourth-order valence-electron chi connectivity index (χ4n) is 3.81. The van der Waals surface area contributed by atoms with Crippen molar-refractivity contribution in [3.05, 3.63) is 83.4 Å². The topological polar surface area (TPSA) is 126 Å². The van der Waals surface area contributed by atoms with Crippen molar-refractivity contribution in [1.82, 2.24) is 14.7 Å². The summed E-state index contributed by atoms with van der Waals surface area (Å²) in [6.07, 6.45) is -0.918. The summed E-state index contributed by atoms with van der Waals surface area (Å²) >= 11 is 0. The molecule has 0 aliphatic carbocycles. The Bertz CT molecular complexity index is 1540. The van der Waals surface area contributed by atoms with Gasteiger partial charge in [0, 0.05) is 12.0 Å². The number of hydrazine groups is 1. The lowest BCUT2D eigenvalue weighted by Gasteiger charge is -2.24. The lowest BCUT2D eigenvalue weighted by atomic mass is 10.1. The number of hydrogen-bond donors (Lipinski definition) is 2. The quantitative estimate of drug-likeness (QED) is 0.452. The SMILES string of the molecule is Cc1ccc(S(=O)(=O)NNC2CC(c3ccc4c(c3)OCO4)=NN2S(=O)(=O)c2ccc(C)cc2)cc1. The zero-order valence-corrected chi connectivity index (χ0v) is 21.1. The number of hydrogen-bond acceptors (Lipinski definition) is 8. The summed E-state index contributed by atoms with van der Waals surface area (Å²) in [4.78, 5) is 2.39. The minimum absolute atomic E-state index is 0.0389. The Balaban J connectivity index is 1.46. The average Bonchev–Trinajstić information content (AvgIpc) is 3.50. The number of nitrogens with zero attached hydrogens (tertiary/aromatic N) is 2. The number of benzene rings is 3. The highest BCUT2D eigenvalue weighted by atomic mass is 32.2. The molecular formula is C24H24N4O6S2. The third kappa shape index (κ3) is 4.67. The smallest absolute Gasteiger partial charge is 0.280 e. The Morgan fingerprint density at radius 2 is 1.44 bits per heavy atom. The van der Waals surface area contributed by atoms with Crippen molar-refractivity contribution in [2.75, 3.05) is 6.79 Å². The molecule has 36 heavy (non-hydrogen) atoms. The second-order valence-electron chi connectivity index (χ2n) is 8.49. The first-order valence-corrected chi connectivity index (χ1v) is 14.0. The number of aryl methyl sites for hydroxylation is 2. The monoisotopic (exact) mass is 528 g/mol. The molecule has 0 amide bonds. The van der Waals surface area contributed by atoms with Crippen LogP contribution in [0.5, 0.6) is 11.5 Å². The first-order valence-electron chi connectivity index (χ1n) is 11.1. The molecule has 0 fully saturated rings. The third-order valence-electron chi connectivity index (χ3n) is 5.83. The predicted molar refractivity (Wildman–Crippen MR) is 132 cm³/mol. The summed E-state index contributed by atoms with van der Waals surface area (Å²) in [5, 5.41) is 4.39. The van der Waals surface area contributed by atoms with E-state index in [2.05, 4.69) is 15.4 Å². The molecule has 0 bridgehead atoms. The summed E-state index contributed by atoms with van der Waals surface area (Å²) in [5.41, 5.74) is 5.55. The normalized spacial score (nSPS) is 17.3. The standard InChI is InChI=1S/C24H24N4O6S2/c1-16-3-8-19(9-4-16)35(29,30)27-25-24-14-21(18-7-12-22-23(13-18)34-15-33-22)26-28(24)36(31,32)20-10-5-17(2)6-11-20/h3-13,24-25,27H,14-15H2,1-2H3. The molecule has 188 valence electrons. The maximum atomic E-state index is 13.5. The van der Waals surface area contributed by atoms with Gasteiger partial charge in [0.05, 0.1) is 15.5 Å². The van der Waals surface area contributed by atoms with Gasteiger partial charge in [0.1, 0.15) is 6.17 Å². The minimum Gasteiger partial charge on any atom is -0.454 e. The Hall–Kier alpha value is -3.45. The van der Waals surface area contributed by atoms with Crippen molar-refractivity contribution >= 4 is 25.8 Å². The molecule has 0 spiro atoms. The van der Waals surface area contributed by atoms with E-state index in [-0.39, 0.29) is 23.0 Å². The molecule has 10 nitrogen and oxygen atoms in total. The van der Waals surface area contributed by atoms with Crippen LogP contribution in [0.2, 0.25) is 0 Å². The highest BCUT2D eigenvalue weighted by molar-refractivity contribution is 7.89. The van der Waals surface area contributed by atoms with Crippen LogP contribution in [0.1, 0.15) is 23.1 Å². The van der Waals surface area contributed by atoms with Gasteiger partial charge >= 0.3 is 0 Å². The number of nitrogens with one attached hydrogen (secondary N) is 2. The summed E-state index contributed by atoms with van der Waals surface area (Å²) in [7, 11) is -8.07. The lowest BCUT2D eigenvalue weighted by molar-refractivity contribution is 0.174. The molecule has 3 aromatic rings. The van der Waals surface area contributed by atoms with Gasteiger partial charge in [0.15, 0.2) is 11.5 Å². The highest BCUT2D eigenvalue weighted by Crippen LogP contribution is 2.34. The third-order valence-corrected chi connectivity index (χ3v) is 8.81. The molecule has 1 unspecified atom stereocenters.